The lowest BCUT2D eigenvalue weighted by atomic mass is 10.2. The quantitative estimate of drug-likeness (QED) is 0.842. The lowest BCUT2D eigenvalue weighted by molar-refractivity contribution is -0.137. The Bertz CT molecular complexity index is 680. The van der Waals surface area contributed by atoms with Gasteiger partial charge < -0.3 is 5.11 Å². The molecule has 0 radical (unpaired) electrons. The second-order valence-corrected chi connectivity index (χ2v) is 7.33. The van der Waals surface area contributed by atoms with Gasteiger partial charge in [0.15, 0.2) is 5.82 Å². The molecule has 0 saturated carbocycles. The fourth-order valence-corrected chi connectivity index (χ4v) is 4.78. The Morgan fingerprint density at radius 1 is 1.43 bits per heavy atom. The molecule has 2 rings (SSSR count). The Labute approximate surface area is 131 Å². The van der Waals surface area contributed by atoms with Gasteiger partial charge in [-0.1, -0.05) is 23.2 Å². The van der Waals surface area contributed by atoms with Crippen molar-refractivity contribution in [1.82, 2.24) is 4.31 Å². The zero-order valence-corrected chi connectivity index (χ0v) is 13.1. The van der Waals surface area contributed by atoms with E-state index in [-0.39, 0.29) is 18.0 Å². The van der Waals surface area contributed by atoms with Crippen LogP contribution in [-0.4, -0.2) is 36.4 Å². The molecule has 1 unspecified atom stereocenters. The highest BCUT2D eigenvalue weighted by atomic mass is 35.5. The third-order valence-electron chi connectivity index (χ3n) is 3.32. The predicted molar refractivity (Wildman–Crippen MR) is 75.6 cm³/mol. The molecule has 5 nitrogen and oxygen atoms in total. The molecule has 1 aromatic carbocycles. The molecule has 1 heterocycles. The summed E-state index contributed by atoms with van der Waals surface area (Å²) < 4.78 is 39.8. The lowest BCUT2D eigenvalue weighted by Gasteiger charge is -2.23. The van der Waals surface area contributed by atoms with Gasteiger partial charge in [-0.3, -0.25) is 4.79 Å². The number of sulfonamides is 1. The summed E-state index contributed by atoms with van der Waals surface area (Å²) in [5.74, 6) is -2.09. The molecule has 9 heteroatoms. The average molecular weight is 356 g/mol. The number of hydrogen-bond acceptors (Lipinski definition) is 3. The summed E-state index contributed by atoms with van der Waals surface area (Å²) >= 11 is 11.3. The normalized spacial score (nSPS) is 19.9. The Hall–Kier alpha value is -0.890. The number of carbonyl (C=O) groups is 1. The number of rotatable bonds is 4. The maximum absolute atomic E-state index is 13.7. The fourth-order valence-electron chi connectivity index (χ4n) is 2.36. The van der Waals surface area contributed by atoms with Gasteiger partial charge in [-0.25, -0.2) is 12.8 Å². The maximum atomic E-state index is 13.7. The van der Waals surface area contributed by atoms with Crippen molar-refractivity contribution in [2.45, 2.75) is 30.2 Å². The number of halogens is 3. The molecule has 1 N–H and O–H groups in total. The van der Waals surface area contributed by atoms with Crippen molar-refractivity contribution in [3.63, 3.8) is 0 Å². The number of carboxylic acid groups (broad SMARTS) is 1. The van der Waals surface area contributed by atoms with Gasteiger partial charge in [0.05, 0.1) is 16.5 Å². The van der Waals surface area contributed by atoms with Crippen molar-refractivity contribution >= 4 is 39.2 Å². The van der Waals surface area contributed by atoms with E-state index in [0.717, 1.165) is 16.4 Å². The number of carboxylic acids is 1. The van der Waals surface area contributed by atoms with Crippen LogP contribution in [-0.2, 0) is 14.8 Å². The molecule has 1 aromatic rings. The summed E-state index contributed by atoms with van der Waals surface area (Å²) in [6, 6.07) is 1.58. The maximum Gasteiger partial charge on any atom is 0.304 e. The first kappa shape index (κ1) is 16.5. The molecule has 0 spiro atoms. The van der Waals surface area contributed by atoms with Crippen LogP contribution in [0.4, 0.5) is 4.39 Å². The second-order valence-electron chi connectivity index (χ2n) is 4.68. The number of nitrogens with zero attached hydrogens (tertiary/aromatic N) is 1. The van der Waals surface area contributed by atoms with Gasteiger partial charge in [0.1, 0.15) is 4.90 Å². The Kier molecular flexibility index (Phi) is 4.77. The van der Waals surface area contributed by atoms with Gasteiger partial charge in [0.2, 0.25) is 10.0 Å². The molecule has 0 bridgehead atoms. The van der Waals surface area contributed by atoms with Crippen LogP contribution in [0, 0.1) is 5.82 Å². The van der Waals surface area contributed by atoms with E-state index in [4.69, 9.17) is 28.3 Å². The van der Waals surface area contributed by atoms with Crippen LogP contribution >= 0.6 is 23.2 Å². The summed E-state index contributed by atoms with van der Waals surface area (Å²) in [5.41, 5.74) is 0. The molecule has 0 aliphatic carbocycles. The van der Waals surface area contributed by atoms with E-state index in [0.29, 0.717) is 12.8 Å². The van der Waals surface area contributed by atoms with Crippen molar-refractivity contribution in [1.29, 1.82) is 0 Å². The average Bonchev–Trinajstić information content (AvgIpc) is 2.83. The topological polar surface area (TPSA) is 74.7 Å². The number of aliphatic carboxylic acids is 1. The van der Waals surface area contributed by atoms with E-state index < -0.39 is 37.8 Å². The first-order valence-corrected chi connectivity index (χ1v) is 8.32. The molecular formula is C12H12Cl2FNO4S. The Morgan fingerprint density at radius 3 is 2.71 bits per heavy atom. The van der Waals surface area contributed by atoms with Crippen LogP contribution in [0.15, 0.2) is 17.0 Å². The van der Waals surface area contributed by atoms with Gasteiger partial charge in [-0.05, 0) is 25.0 Å². The van der Waals surface area contributed by atoms with E-state index in [9.17, 15) is 17.6 Å². The largest absolute Gasteiger partial charge is 0.481 e. The minimum Gasteiger partial charge on any atom is -0.481 e. The van der Waals surface area contributed by atoms with Crippen LogP contribution in [0.3, 0.4) is 0 Å². The van der Waals surface area contributed by atoms with Crippen LogP contribution in [0.5, 0.6) is 0 Å². The van der Waals surface area contributed by atoms with Crippen LogP contribution in [0.25, 0.3) is 0 Å². The molecule has 116 valence electrons. The van der Waals surface area contributed by atoms with Crippen molar-refractivity contribution in [2.75, 3.05) is 6.54 Å². The molecule has 0 amide bonds. The monoisotopic (exact) mass is 355 g/mol. The summed E-state index contributed by atoms with van der Waals surface area (Å²) in [5, 5.41) is 7.98. The Morgan fingerprint density at radius 2 is 2.10 bits per heavy atom. The summed E-state index contributed by atoms with van der Waals surface area (Å²) in [4.78, 5) is 10.4. The first-order valence-electron chi connectivity index (χ1n) is 6.12. The SMILES string of the molecule is O=C(O)CC1CCCN1S(=O)(=O)c1ccc(Cl)c(F)c1Cl. The van der Waals surface area contributed by atoms with Gasteiger partial charge in [0.25, 0.3) is 0 Å². The lowest BCUT2D eigenvalue weighted by Crippen LogP contribution is -2.37. The highest BCUT2D eigenvalue weighted by Crippen LogP contribution is 2.34. The van der Waals surface area contributed by atoms with Gasteiger partial charge in [-0.15, -0.1) is 0 Å². The van der Waals surface area contributed by atoms with Gasteiger partial charge in [-0.2, -0.15) is 4.31 Å². The van der Waals surface area contributed by atoms with Crippen molar-refractivity contribution in [2.24, 2.45) is 0 Å². The third-order valence-corrected chi connectivity index (χ3v) is 6.09. The molecule has 1 aliphatic heterocycles. The smallest absolute Gasteiger partial charge is 0.304 e. The first-order chi connectivity index (χ1) is 9.75. The van der Waals surface area contributed by atoms with E-state index in [1.165, 1.54) is 0 Å². The fraction of sp³-hybridized carbons (Fsp3) is 0.417. The number of benzene rings is 1. The Balaban J connectivity index is 2.42. The highest BCUT2D eigenvalue weighted by molar-refractivity contribution is 7.89. The van der Waals surface area contributed by atoms with Crippen molar-refractivity contribution < 1.29 is 22.7 Å². The van der Waals surface area contributed by atoms with Crippen LogP contribution < -0.4 is 0 Å². The van der Waals surface area contributed by atoms with Crippen molar-refractivity contribution in [3.8, 4) is 0 Å². The summed E-state index contributed by atoms with van der Waals surface area (Å²) in [7, 11) is -4.06. The molecular weight excluding hydrogens is 344 g/mol. The zero-order valence-electron chi connectivity index (χ0n) is 10.7. The van der Waals surface area contributed by atoms with Crippen LogP contribution in [0.1, 0.15) is 19.3 Å². The van der Waals surface area contributed by atoms with E-state index in [2.05, 4.69) is 0 Å². The van der Waals surface area contributed by atoms with E-state index in [1.54, 1.807) is 0 Å². The standard InChI is InChI=1S/C12H12Cl2FNO4S/c13-8-3-4-9(11(14)12(8)15)21(19,20)16-5-1-2-7(16)6-10(17)18/h3-4,7H,1-2,5-6H2,(H,17,18). The third kappa shape index (κ3) is 3.15. The van der Waals surface area contributed by atoms with Crippen molar-refractivity contribution in [3.05, 3.63) is 28.0 Å². The molecule has 1 aliphatic rings. The van der Waals surface area contributed by atoms with Gasteiger partial charge >= 0.3 is 5.97 Å². The number of hydrogen-bond donors (Lipinski definition) is 1. The van der Waals surface area contributed by atoms with Crippen LogP contribution in [0.2, 0.25) is 10.0 Å². The molecule has 1 saturated heterocycles. The molecule has 1 atom stereocenters. The highest BCUT2D eigenvalue weighted by Gasteiger charge is 2.38. The predicted octanol–water partition coefficient (Wildman–Crippen LogP) is 2.76. The minimum absolute atomic E-state index is 0.181. The zero-order chi connectivity index (χ0) is 15.8. The van der Waals surface area contributed by atoms with E-state index >= 15 is 0 Å². The van der Waals surface area contributed by atoms with E-state index in [1.807, 2.05) is 0 Å². The minimum atomic E-state index is -4.06. The second kappa shape index (κ2) is 6.08. The molecule has 0 aromatic heterocycles. The molecule has 21 heavy (non-hydrogen) atoms. The van der Waals surface area contributed by atoms with Gasteiger partial charge in [0, 0.05) is 12.6 Å². The summed E-state index contributed by atoms with van der Waals surface area (Å²) in [6.45, 7) is 0.181. The summed E-state index contributed by atoms with van der Waals surface area (Å²) in [6.07, 6.45) is 0.691. The molecule has 1 fully saturated rings.